The number of nitrogens with zero attached hydrogens (tertiary/aromatic N) is 2. The number of hydrogen-bond acceptors (Lipinski definition) is 3. The second-order valence-corrected chi connectivity index (χ2v) is 4.14. The summed E-state index contributed by atoms with van der Waals surface area (Å²) in [6.45, 7) is 2.67. The Morgan fingerprint density at radius 1 is 1.28 bits per heavy atom. The Balaban J connectivity index is 2.22. The van der Waals surface area contributed by atoms with Crippen molar-refractivity contribution in [3.8, 4) is 5.75 Å². The average Bonchev–Trinajstić information content (AvgIpc) is 2.79. The number of rotatable bonds is 5. The van der Waals surface area contributed by atoms with Crippen molar-refractivity contribution in [2.45, 2.75) is 13.0 Å². The predicted molar refractivity (Wildman–Crippen MR) is 71.7 cm³/mol. The van der Waals surface area contributed by atoms with E-state index in [2.05, 4.69) is 22.5 Å². The Hall–Kier alpha value is -1.81. The molecule has 1 unspecified atom stereocenters. The summed E-state index contributed by atoms with van der Waals surface area (Å²) in [5.41, 5.74) is 2.20. The zero-order valence-electron chi connectivity index (χ0n) is 11.1. The molecule has 2 aromatic rings. The predicted octanol–water partition coefficient (Wildman–Crippen LogP) is 2.13. The minimum atomic E-state index is 0.113. The van der Waals surface area contributed by atoms with E-state index in [-0.39, 0.29) is 6.04 Å². The molecule has 0 saturated heterocycles. The summed E-state index contributed by atoms with van der Waals surface area (Å²) in [6, 6.07) is 10.3. The summed E-state index contributed by atoms with van der Waals surface area (Å²) in [5, 5.41) is 7.72. The molecule has 1 aromatic carbocycles. The number of ether oxygens (including phenoxy) is 1. The summed E-state index contributed by atoms with van der Waals surface area (Å²) in [7, 11) is 3.87. The lowest BCUT2D eigenvalue weighted by atomic mass is 10.0. The fourth-order valence-electron chi connectivity index (χ4n) is 2.00. The maximum absolute atomic E-state index is 5.44. The van der Waals surface area contributed by atoms with Gasteiger partial charge in [-0.1, -0.05) is 12.1 Å². The van der Waals surface area contributed by atoms with Gasteiger partial charge in [0, 0.05) is 13.2 Å². The molecule has 1 aromatic heterocycles. The quantitative estimate of drug-likeness (QED) is 0.877. The molecule has 0 aliphatic carbocycles. The third kappa shape index (κ3) is 2.71. The third-order valence-electron chi connectivity index (χ3n) is 2.84. The van der Waals surface area contributed by atoms with Crippen LogP contribution in [0, 0.1) is 0 Å². The first-order valence-electron chi connectivity index (χ1n) is 6.14. The van der Waals surface area contributed by atoms with E-state index in [1.165, 1.54) is 5.56 Å². The van der Waals surface area contributed by atoms with Crippen molar-refractivity contribution < 1.29 is 4.74 Å². The molecule has 0 bridgehead atoms. The van der Waals surface area contributed by atoms with Crippen molar-refractivity contribution in [2.24, 2.45) is 7.05 Å². The second kappa shape index (κ2) is 5.69. The van der Waals surface area contributed by atoms with E-state index in [4.69, 9.17) is 4.74 Å². The first-order valence-corrected chi connectivity index (χ1v) is 6.14. The first kappa shape index (κ1) is 12.6. The zero-order chi connectivity index (χ0) is 13.0. The van der Waals surface area contributed by atoms with E-state index in [0.717, 1.165) is 11.4 Å². The largest absolute Gasteiger partial charge is 0.494 e. The molecule has 18 heavy (non-hydrogen) atoms. The molecule has 4 nitrogen and oxygen atoms in total. The molecule has 2 rings (SSSR count). The van der Waals surface area contributed by atoms with Crippen LogP contribution >= 0.6 is 0 Å². The van der Waals surface area contributed by atoms with Crippen LogP contribution in [0.25, 0.3) is 0 Å². The van der Waals surface area contributed by atoms with Gasteiger partial charge < -0.3 is 10.1 Å². The van der Waals surface area contributed by atoms with Crippen molar-refractivity contribution in [1.29, 1.82) is 0 Å². The van der Waals surface area contributed by atoms with E-state index in [1.54, 1.807) is 0 Å². The smallest absolute Gasteiger partial charge is 0.119 e. The van der Waals surface area contributed by atoms with Gasteiger partial charge in [-0.05, 0) is 37.7 Å². The molecule has 0 aliphatic rings. The van der Waals surface area contributed by atoms with Gasteiger partial charge in [0.25, 0.3) is 0 Å². The summed E-state index contributed by atoms with van der Waals surface area (Å²) in [6.07, 6.45) is 1.95. The molecular weight excluding hydrogens is 226 g/mol. The minimum Gasteiger partial charge on any atom is -0.494 e. The van der Waals surface area contributed by atoms with E-state index in [9.17, 15) is 0 Å². The second-order valence-electron chi connectivity index (χ2n) is 4.14. The molecule has 1 atom stereocenters. The van der Waals surface area contributed by atoms with Gasteiger partial charge in [-0.2, -0.15) is 5.10 Å². The van der Waals surface area contributed by atoms with Gasteiger partial charge in [-0.3, -0.25) is 4.68 Å². The fourth-order valence-corrected chi connectivity index (χ4v) is 2.00. The molecule has 0 radical (unpaired) electrons. The highest BCUT2D eigenvalue weighted by Crippen LogP contribution is 2.22. The Morgan fingerprint density at radius 3 is 2.50 bits per heavy atom. The normalized spacial score (nSPS) is 12.4. The van der Waals surface area contributed by atoms with Crippen LogP contribution in [-0.4, -0.2) is 23.4 Å². The van der Waals surface area contributed by atoms with Gasteiger partial charge in [-0.15, -0.1) is 0 Å². The molecule has 0 aliphatic heterocycles. The monoisotopic (exact) mass is 245 g/mol. The maximum atomic E-state index is 5.44. The van der Waals surface area contributed by atoms with E-state index in [0.29, 0.717) is 6.61 Å². The minimum absolute atomic E-state index is 0.113. The Morgan fingerprint density at radius 2 is 2.00 bits per heavy atom. The van der Waals surface area contributed by atoms with Crippen molar-refractivity contribution in [1.82, 2.24) is 15.1 Å². The summed E-state index contributed by atoms with van der Waals surface area (Å²) < 4.78 is 7.26. The third-order valence-corrected chi connectivity index (χ3v) is 2.84. The van der Waals surface area contributed by atoms with Gasteiger partial charge in [0.15, 0.2) is 0 Å². The van der Waals surface area contributed by atoms with Crippen LogP contribution in [0.1, 0.15) is 24.2 Å². The summed E-state index contributed by atoms with van der Waals surface area (Å²) >= 11 is 0. The molecular formula is C14H19N3O. The Bertz CT molecular complexity index is 490. The topological polar surface area (TPSA) is 39.1 Å². The fraction of sp³-hybridized carbons (Fsp3) is 0.357. The SMILES string of the molecule is CCOc1ccc(C(NC)c2ccn(C)n2)cc1. The van der Waals surface area contributed by atoms with Gasteiger partial charge in [0.2, 0.25) is 0 Å². The van der Waals surface area contributed by atoms with Crippen LogP contribution < -0.4 is 10.1 Å². The van der Waals surface area contributed by atoms with E-state index in [1.807, 2.05) is 50.1 Å². The van der Waals surface area contributed by atoms with Gasteiger partial charge in [0.1, 0.15) is 5.75 Å². The first-order chi connectivity index (χ1) is 8.74. The van der Waals surface area contributed by atoms with Gasteiger partial charge in [0.05, 0.1) is 18.3 Å². The van der Waals surface area contributed by atoms with Gasteiger partial charge in [-0.25, -0.2) is 0 Å². The molecule has 0 fully saturated rings. The number of aryl methyl sites for hydroxylation is 1. The van der Waals surface area contributed by atoms with Crippen molar-refractivity contribution in [2.75, 3.05) is 13.7 Å². The summed E-state index contributed by atoms with van der Waals surface area (Å²) in [5.74, 6) is 0.900. The molecule has 0 saturated carbocycles. The van der Waals surface area contributed by atoms with E-state index >= 15 is 0 Å². The van der Waals surface area contributed by atoms with Crippen molar-refractivity contribution in [3.63, 3.8) is 0 Å². The van der Waals surface area contributed by atoms with Crippen LogP contribution in [-0.2, 0) is 7.05 Å². The maximum Gasteiger partial charge on any atom is 0.119 e. The standard InChI is InChI=1S/C14H19N3O/c1-4-18-12-7-5-11(6-8-12)14(15-2)13-9-10-17(3)16-13/h5-10,14-15H,4H2,1-3H3. The molecule has 4 heteroatoms. The molecule has 1 N–H and O–H groups in total. The van der Waals surface area contributed by atoms with Crippen LogP contribution in [0.2, 0.25) is 0 Å². The van der Waals surface area contributed by atoms with Crippen LogP contribution in [0.3, 0.4) is 0 Å². The van der Waals surface area contributed by atoms with Gasteiger partial charge >= 0.3 is 0 Å². The Labute approximate surface area is 108 Å². The lowest BCUT2D eigenvalue weighted by Gasteiger charge is -2.14. The van der Waals surface area contributed by atoms with Crippen molar-refractivity contribution >= 4 is 0 Å². The van der Waals surface area contributed by atoms with Crippen LogP contribution in [0.5, 0.6) is 5.75 Å². The molecule has 0 spiro atoms. The molecule has 96 valence electrons. The number of benzene rings is 1. The highest BCUT2D eigenvalue weighted by atomic mass is 16.5. The molecule has 1 heterocycles. The summed E-state index contributed by atoms with van der Waals surface area (Å²) in [4.78, 5) is 0. The highest BCUT2D eigenvalue weighted by Gasteiger charge is 2.14. The lowest BCUT2D eigenvalue weighted by molar-refractivity contribution is 0.340. The van der Waals surface area contributed by atoms with Crippen LogP contribution in [0.4, 0.5) is 0 Å². The number of aromatic nitrogens is 2. The average molecular weight is 245 g/mol. The zero-order valence-corrected chi connectivity index (χ0v) is 11.1. The van der Waals surface area contributed by atoms with Crippen LogP contribution in [0.15, 0.2) is 36.5 Å². The number of hydrogen-bond donors (Lipinski definition) is 1. The van der Waals surface area contributed by atoms with Crippen molar-refractivity contribution in [3.05, 3.63) is 47.8 Å². The number of nitrogens with one attached hydrogen (secondary N) is 1. The highest BCUT2D eigenvalue weighted by molar-refractivity contribution is 5.33. The van der Waals surface area contributed by atoms with E-state index < -0.39 is 0 Å². The lowest BCUT2D eigenvalue weighted by Crippen LogP contribution is -2.18. The Kier molecular flexibility index (Phi) is 3.99. The molecule has 0 amide bonds.